The molecule has 7 heteroatoms. The second kappa shape index (κ2) is 5.65. The van der Waals surface area contributed by atoms with E-state index in [1.165, 1.54) is 6.20 Å². The molecule has 0 aliphatic carbocycles. The third kappa shape index (κ3) is 3.03. The van der Waals surface area contributed by atoms with Crippen LogP contribution in [0.5, 0.6) is 0 Å². The van der Waals surface area contributed by atoms with Gasteiger partial charge in [-0.25, -0.2) is 13.4 Å². The summed E-state index contributed by atoms with van der Waals surface area (Å²) in [5.74, 6) is 0.281. The largest absolute Gasteiger partial charge is 0.385 e. The van der Waals surface area contributed by atoms with E-state index in [1.807, 2.05) is 6.07 Å². The van der Waals surface area contributed by atoms with E-state index < -0.39 is 10.0 Å². The van der Waals surface area contributed by atoms with Gasteiger partial charge in [0.05, 0.1) is 9.37 Å². The summed E-state index contributed by atoms with van der Waals surface area (Å²) in [4.78, 5) is 4.25. The molecule has 2 heterocycles. The highest BCUT2D eigenvalue weighted by Crippen LogP contribution is 2.27. The molecular weight excluding hydrogens is 354 g/mol. The van der Waals surface area contributed by atoms with Crippen LogP contribution in [-0.2, 0) is 16.4 Å². The topological polar surface area (TPSA) is 71.1 Å². The molecule has 0 spiro atoms. The van der Waals surface area contributed by atoms with Crippen molar-refractivity contribution in [2.24, 2.45) is 0 Å². The monoisotopic (exact) mass is 367 g/mol. The molecule has 5 nitrogen and oxygen atoms in total. The highest BCUT2D eigenvalue weighted by molar-refractivity contribution is 9.10. The Bertz CT molecular complexity index is 778. The lowest BCUT2D eigenvalue weighted by molar-refractivity contribution is 0.601. The van der Waals surface area contributed by atoms with Crippen LogP contribution >= 0.6 is 15.9 Å². The number of halogens is 1. The average molecular weight is 368 g/mol. The fourth-order valence-corrected chi connectivity index (χ4v) is 3.79. The Hall–Kier alpha value is -1.60. The zero-order valence-electron chi connectivity index (χ0n) is 11.1. The van der Waals surface area contributed by atoms with Crippen LogP contribution < -0.4 is 10.0 Å². The molecule has 1 aromatic heterocycles. The first-order chi connectivity index (χ1) is 10.1. The Morgan fingerprint density at radius 3 is 2.95 bits per heavy atom. The molecule has 0 atom stereocenters. The third-order valence-corrected chi connectivity index (χ3v) is 5.30. The van der Waals surface area contributed by atoms with Gasteiger partial charge < -0.3 is 5.32 Å². The molecule has 2 N–H and O–H groups in total. The number of rotatable bonds is 3. The summed E-state index contributed by atoms with van der Waals surface area (Å²) >= 11 is 3.28. The Morgan fingerprint density at radius 2 is 2.14 bits per heavy atom. The van der Waals surface area contributed by atoms with E-state index in [0.717, 1.165) is 30.6 Å². The van der Waals surface area contributed by atoms with Gasteiger partial charge in [0.15, 0.2) is 5.82 Å². The van der Waals surface area contributed by atoms with Gasteiger partial charge in [-0.2, -0.15) is 0 Å². The minimum atomic E-state index is -3.65. The number of pyridine rings is 1. The number of nitrogens with zero attached hydrogens (tertiary/aromatic N) is 1. The number of sulfonamides is 1. The average Bonchev–Trinajstić information content (AvgIpc) is 2.49. The number of aryl methyl sites for hydroxylation is 1. The minimum Gasteiger partial charge on any atom is -0.385 e. The Balaban J connectivity index is 1.93. The molecule has 3 rings (SSSR count). The number of hydrogen-bond acceptors (Lipinski definition) is 4. The van der Waals surface area contributed by atoms with Crippen molar-refractivity contribution in [3.63, 3.8) is 0 Å². The lowest BCUT2D eigenvalue weighted by atomic mass is 10.0. The summed E-state index contributed by atoms with van der Waals surface area (Å²) in [6.07, 6.45) is 3.58. The van der Waals surface area contributed by atoms with E-state index in [9.17, 15) is 8.42 Å². The fraction of sp³-hybridized carbons (Fsp3) is 0.214. The third-order valence-electron chi connectivity index (χ3n) is 3.32. The van der Waals surface area contributed by atoms with Crippen LogP contribution in [0.4, 0.5) is 11.5 Å². The highest BCUT2D eigenvalue weighted by atomic mass is 79.9. The summed E-state index contributed by atoms with van der Waals surface area (Å²) in [7, 11) is -3.65. The van der Waals surface area contributed by atoms with Crippen molar-refractivity contribution in [1.29, 1.82) is 0 Å². The normalized spacial score (nSPS) is 14.1. The van der Waals surface area contributed by atoms with Crippen molar-refractivity contribution in [3.05, 3.63) is 46.6 Å². The van der Waals surface area contributed by atoms with E-state index in [-0.39, 0.29) is 10.7 Å². The van der Waals surface area contributed by atoms with Crippen LogP contribution in [0, 0.1) is 0 Å². The van der Waals surface area contributed by atoms with Crippen molar-refractivity contribution in [1.82, 2.24) is 4.98 Å². The van der Waals surface area contributed by atoms with Crippen molar-refractivity contribution in [2.75, 3.05) is 16.6 Å². The van der Waals surface area contributed by atoms with E-state index in [1.54, 1.807) is 24.3 Å². The molecule has 0 saturated heterocycles. The Morgan fingerprint density at radius 1 is 1.29 bits per heavy atom. The second-order valence-electron chi connectivity index (χ2n) is 4.79. The molecule has 0 unspecified atom stereocenters. The lowest BCUT2D eigenvalue weighted by Crippen LogP contribution is -2.16. The van der Waals surface area contributed by atoms with Crippen LogP contribution in [-0.4, -0.2) is 19.9 Å². The van der Waals surface area contributed by atoms with E-state index >= 15 is 0 Å². The predicted molar refractivity (Wildman–Crippen MR) is 86.0 cm³/mol. The van der Waals surface area contributed by atoms with Crippen molar-refractivity contribution < 1.29 is 8.42 Å². The SMILES string of the molecule is O=S(=O)(Nc1ncccc1Br)c1ccc2c(c1)NCCC2. The Kier molecular flexibility index (Phi) is 3.86. The molecule has 1 aromatic carbocycles. The second-order valence-corrected chi connectivity index (χ2v) is 7.33. The molecule has 0 amide bonds. The maximum absolute atomic E-state index is 12.4. The number of anilines is 2. The number of fused-ring (bicyclic) bond motifs is 1. The first-order valence-electron chi connectivity index (χ1n) is 6.56. The van der Waals surface area contributed by atoms with Gasteiger partial charge in [-0.3, -0.25) is 4.72 Å². The summed E-state index contributed by atoms with van der Waals surface area (Å²) in [6.45, 7) is 0.871. The van der Waals surface area contributed by atoms with Crippen LogP contribution in [0.1, 0.15) is 12.0 Å². The number of nitrogens with one attached hydrogen (secondary N) is 2. The molecule has 0 saturated carbocycles. The first kappa shape index (κ1) is 14.3. The molecule has 21 heavy (non-hydrogen) atoms. The molecular formula is C14H14BrN3O2S. The van der Waals surface area contributed by atoms with Crippen LogP contribution in [0.15, 0.2) is 45.9 Å². The number of hydrogen-bond donors (Lipinski definition) is 2. The molecule has 0 bridgehead atoms. The zero-order chi connectivity index (χ0) is 14.9. The molecule has 110 valence electrons. The molecule has 1 aliphatic heterocycles. The van der Waals surface area contributed by atoms with Gasteiger partial charge in [0.25, 0.3) is 10.0 Å². The van der Waals surface area contributed by atoms with Crippen molar-refractivity contribution in [2.45, 2.75) is 17.7 Å². The van der Waals surface area contributed by atoms with Gasteiger partial charge in [-0.15, -0.1) is 0 Å². The number of aromatic nitrogens is 1. The fourth-order valence-electron chi connectivity index (χ4n) is 2.25. The summed E-state index contributed by atoms with van der Waals surface area (Å²) in [5, 5.41) is 3.23. The van der Waals surface area contributed by atoms with Crippen LogP contribution in [0.25, 0.3) is 0 Å². The number of benzene rings is 1. The molecule has 2 aromatic rings. The van der Waals surface area contributed by atoms with E-state index in [4.69, 9.17) is 0 Å². The van der Waals surface area contributed by atoms with Gasteiger partial charge in [0.2, 0.25) is 0 Å². The van der Waals surface area contributed by atoms with Gasteiger partial charge in [-0.1, -0.05) is 6.07 Å². The lowest BCUT2D eigenvalue weighted by Gasteiger charge is -2.19. The van der Waals surface area contributed by atoms with Gasteiger partial charge in [0.1, 0.15) is 0 Å². The summed E-state index contributed by atoms with van der Waals surface area (Å²) in [5.41, 5.74) is 2.04. The molecule has 0 radical (unpaired) electrons. The van der Waals surface area contributed by atoms with Gasteiger partial charge in [0, 0.05) is 18.4 Å². The maximum Gasteiger partial charge on any atom is 0.263 e. The van der Waals surface area contributed by atoms with Crippen molar-refractivity contribution in [3.8, 4) is 0 Å². The van der Waals surface area contributed by atoms with Crippen LogP contribution in [0.3, 0.4) is 0 Å². The minimum absolute atomic E-state index is 0.230. The van der Waals surface area contributed by atoms with Gasteiger partial charge in [-0.05, 0) is 58.6 Å². The Labute approximate surface area is 132 Å². The van der Waals surface area contributed by atoms with E-state index in [2.05, 4.69) is 31.0 Å². The maximum atomic E-state index is 12.4. The zero-order valence-corrected chi connectivity index (χ0v) is 13.5. The predicted octanol–water partition coefficient (Wildman–Crippen LogP) is 3.00. The standard InChI is InChI=1S/C14H14BrN3O2S/c15-12-4-2-8-17-14(12)18-21(19,20)11-6-5-10-3-1-7-16-13(10)9-11/h2,4-6,8-9,16H,1,3,7H2,(H,17,18). The quantitative estimate of drug-likeness (QED) is 0.874. The first-order valence-corrected chi connectivity index (χ1v) is 8.84. The summed E-state index contributed by atoms with van der Waals surface area (Å²) in [6, 6.07) is 8.63. The summed E-state index contributed by atoms with van der Waals surface area (Å²) < 4.78 is 28.0. The van der Waals surface area contributed by atoms with E-state index in [0.29, 0.717) is 4.47 Å². The van der Waals surface area contributed by atoms with Gasteiger partial charge >= 0.3 is 0 Å². The highest BCUT2D eigenvalue weighted by Gasteiger charge is 2.19. The van der Waals surface area contributed by atoms with Crippen molar-refractivity contribution >= 4 is 37.5 Å². The van der Waals surface area contributed by atoms with Crippen LogP contribution in [0.2, 0.25) is 0 Å². The smallest absolute Gasteiger partial charge is 0.263 e. The molecule has 0 fully saturated rings. The molecule has 1 aliphatic rings.